The van der Waals surface area contributed by atoms with E-state index in [1.54, 1.807) is 22.7 Å². The summed E-state index contributed by atoms with van der Waals surface area (Å²) in [5.41, 5.74) is 3.05. The quantitative estimate of drug-likeness (QED) is 0.461. The van der Waals surface area contributed by atoms with Gasteiger partial charge in [-0.15, -0.1) is 10.2 Å². The van der Waals surface area contributed by atoms with Crippen LogP contribution in [-0.2, 0) is 0 Å². The Balaban J connectivity index is 1.42. The first-order valence-corrected chi connectivity index (χ1v) is 10.2. The molecule has 29 heavy (non-hydrogen) atoms. The number of aromatic nitrogens is 4. The Morgan fingerprint density at radius 2 is 1.90 bits per heavy atom. The Morgan fingerprint density at radius 3 is 2.59 bits per heavy atom. The van der Waals surface area contributed by atoms with Gasteiger partial charge in [0.2, 0.25) is 4.96 Å². The maximum Gasteiger partial charge on any atom is 0.257 e. The van der Waals surface area contributed by atoms with Crippen LogP contribution in [0.1, 0.15) is 21.7 Å². The fourth-order valence-corrected chi connectivity index (χ4v) is 3.88. The summed E-state index contributed by atoms with van der Waals surface area (Å²) >= 11 is 12.8. The van der Waals surface area contributed by atoms with Crippen LogP contribution >= 0.6 is 35.2 Å². The van der Waals surface area contributed by atoms with Gasteiger partial charge in [-0.05, 0) is 68.0 Å². The summed E-state index contributed by atoms with van der Waals surface area (Å²) < 4.78 is 1.72. The van der Waals surface area contributed by atoms with Gasteiger partial charge in [0.1, 0.15) is 5.01 Å². The molecule has 0 aliphatic carbocycles. The average molecular weight is 443 g/mol. The third-order valence-electron chi connectivity index (χ3n) is 4.20. The highest BCUT2D eigenvalue weighted by atomic mass is 35.5. The van der Waals surface area contributed by atoms with Crippen LogP contribution in [0.4, 0.5) is 5.69 Å². The number of halogens is 1. The average Bonchev–Trinajstić information content (AvgIpc) is 3.26. The van der Waals surface area contributed by atoms with Gasteiger partial charge in [0.25, 0.3) is 5.91 Å². The molecule has 0 unspecified atom stereocenters. The lowest BCUT2D eigenvalue weighted by molar-refractivity contribution is 0.0977. The minimum absolute atomic E-state index is 0.203. The minimum Gasteiger partial charge on any atom is -0.332 e. The highest BCUT2D eigenvalue weighted by Gasteiger charge is 2.12. The molecular formula is C19H15ClN6OS2. The Labute approximate surface area is 180 Å². The molecule has 4 aromatic rings. The zero-order valence-electron chi connectivity index (χ0n) is 15.4. The number of benzene rings is 2. The Kier molecular flexibility index (Phi) is 5.27. The number of hydrogen-bond donors (Lipinski definition) is 2. The van der Waals surface area contributed by atoms with Crippen LogP contribution in [0, 0.1) is 13.8 Å². The van der Waals surface area contributed by atoms with Gasteiger partial charge in [-0.25, -0.2) is 0 Å². The lowest BCUT2D eigenvalue weighted by Gasteiger charge is -2.10. The standard InChI is InChI=1S/C19H15ClN6OS2/c1-10-3-4-13(9-15(10)20)16(27)22-18(28)21-14-7-5-12(6-8-14)17-25-26-11(2)23-24-19(26)29-17/h3-9H,1-2H3,(H2,21,22,27,28). The molecule has 0 aliphatic rings. The monoisotopic (exact) mass is 442 g/mol. The number of nitrogens with zero attached hydrogens (tertiary/aromatic N) is 4. The second kappa shape index (κ2) is 7.86. The van der Waals surface area contributed by atoms with Crippen molar-refractivity contribution in [3.8, 4) is 10.6 Å². The Hall–Kier alpha value is -2.88. The second-order valence-corrected chi connectivity index (χ2v) is 8.07. The van der Waals surface area contributed by atoms with Crippen molar-refractivity contribution in [2.45, 2.75) is 13.8 Å². The summed E-state index contributed by atoms with van der Waals surface area (Å²) in [7, 11) is 0. The van der Waals surface area contributed by atoms with Gasteiger partial charge in [-0.1, -0.05) is 29.0 Å². The molecule has 146 valence electrons. The number of carbonyl (C=O) groups excluding carboxylic acids is 1. The lowest BCUT2D eigenvalue weighted by atomic mass is 10.1. The molecule has 0 fully saturated rings. The predicted molar refractivity (Wildman–Crippen MR) is 119 cm³/mol. The third-order valence-corrected chi connectivity index (χ3v) is 5.76. The zero-order valence-corrected chi connectivity index (χ0v) is 17.8. The molecule has 2 N–H and O–H groups in total. The van der Waals surface area contributed by atoms with Gasteiger partial charge in [-0.2, -0.15) is 9.61 Å². The largest absolute Gasteiger partial charge is 0.332 e. The van der Waals surface area contributed by atoms with Crippen molar-refractivity contribution in [3.05, 3.63) is 64.4 Å². The van der Waals surface area contributed by atoms with Crippen LogP contribution in [0.25, 0.3) is 15.5 Å². The Bertz CT molecular complexity index is 1230. The summed E-state index contributed by atoms with van der Waals surface area (Å²) in [5.74, 6) is 0.424. The molecule has 1 amide bonds. The van der Waals surface area contributed by atoms with Crippen LogP contribution in [0.3, 0.4) is 0 Å². The molecular weight excluding hydrogens is 428 g/mol. The summed E-state index contributed by atoms with van der Waals surface area (Å²) in [6.07, 6.45) is 0. The fourth-order valence-electron chi connectivity index (χ4n) is 2.60. The van der Waals surface area contributed by atoms with E-state index in [0.717, 1.165) is 32.6 Å². The Morgan fingerprint density at radius 1 is 1.14 bits per heavy atom. The normalized spacial score (nSPS) is 10.9. The van der Waals surface area contributed by atoms with E-state index in [9.17, 15) is 4.79 Å². The zero-order chi connectivity index (χ0) is 20.5. The molecule has 0 atom stereocenters. The fraction of sp³-hybridized carbons (Fsp3) is 0.105. The summed E-state index contributed by atoms with van der Waals surface area (Å²) in [5, 5.41) is 19.8. The number of thiocarbonyl (C=S) groups is 1. The van der Waals surface area contributed by atoms with Crippen LogP contribution in [0.15, 0.2) is 42.5 Å². The number of fused-ring (bicyclic) bond motifs is 1. The molecule has 10 heteroatoms. The summed E-state index contributed by atoms with van der Waals surface area (Å²) in [6.45, 7) is 3.73. The highest BCUT2D eigenvalue weighted by Crippen LogP contribution is 2.26. The first-order valence-electron chi connectivity index (χ1n) is 8.58. The number of aryl methyl sites for hydroxylation is 2. The van der Waals surface area contributed by atoms with Crippen molar-refractivity contribution in [1.29, 1.82) is 0 Å². The van der Waals surface area contributed by atoms with E-state index in [4.69, 9.17) is 23.8 Å². The number of amides is 1. The molecule has 2 heterocycles. The second-order valence-electron chi connectivity index (χ2n) is 6.30. The predicted octanol–water partition coefficient (Wildman–Crippen LogP) is 4.25. The van der Waals surface area contributed by atoms with Crippen LogP contribution < -0.4 is 10.6 Å². The molecule has 0 saturated heterocycles. The third kappa shape index (κ3) is 4.12. The van der Waals surface area contributed by atoms with Crippen molar-refractivity contribution in [1.82, 2.24) is 25.1 Å². The van der Waals surface area contributed by atoms with Crippen molar-refractivity contribution >= 4 is 56.8 Å². The molecule has 2 aromatic heterocycles. The molecule has 0 radical (unpaired) electrons. The number of rotatable bonds is 3. The van der Waals surface area contributed by atoms with Crippen LogP contribution in [-0.4, -0.2) is 30.8 Å². The van der Waals surface area contributed by atoms with E-state index in [-0.39, 0.29) is 11.0 Å². The first-order chi connectivity index (χ1) is 13.9. The highest BCUT2D eigenvalue weighted by molar-refractivity contribution is 7.80. The van der Waals surface area contributed by atoms with Crippen molar-refractivity contribution in [2.75, 3.05) is 5.32 Å². The molecule has 0 saturated carbocycles. The number of hydrogen-bond acceptors (Lipinski definition) is 6. The number of nitrogens with one attached hydrogen (secondary N) is 2. The van der Waals surface area contributed by atoms with Crippen molar-refractivity contribution in [2.24, 2.45) is 0 Å². The number of anilines is 1. The molecule has 0 bridgehead atoms. The van der Waals surface area contributed by atoms with E-state index >= 15 is 0 Å². The summed E-state index contributed by atoms with van der Waals surface area (Å²) in [6, 6.07) is 12.7. The molecule has 4 rings (SSSR count). The first kappa shape index (κ1) is 19.4. The SMILES string of the molecule is Cc1ccc(C(=O)NC(=S)Nc2ccc(-c3nn4c(C)nnc4s3)cc2)cc1Cl. The molecule has 7 nitrogen and oxygen atoms in total. The van der Waals surface area contributed by atoms with E-state index in [1.807, 2.05) is 38.1 Å². The minimum atomic E-state index is -0.323. The molecule has 2 aromatic carbocycles. The van der Waals surface area contributed by atoms with Crippen LogP contribution in [0.5, 0.6) is 0 Å². The van der Waals surface area contributed by atoms with Gasteiger partial charge >= 0.3 is 0 Å². The van der Waals surface area contributed by atoms with Gasteiger partial charge in [0.15, 0.2) is 10.9 Å². The molecule has 0 spiro atoms. The maximum absolute atomic E-state index is 12.3. The summed E-state index contributed by atoms with van der Waals surface area (Å²) in [4.78, 5) is 13.1. The van der Waals surface area contributed by atoms with Gasteiger partial charge < -0.3 is 5.32 Å². The van der Waals surface area contributed by atoms with E-state index in [0.29, 0.717) is 10.6 Å². The van der Waals surface area contributed by atoms with Gasteiger partial charge in [-0.3, -0.25) is 10.1 Å². The maximum atomic E-state index is 12.3. The van der Waals surface area contributed by atoms with Crippen LogP contribution in [0.2, 0.25) is 5.02 Å². The van der Waals surface area contributed by atoms with E-state index in [1.165, 1.54) is 11.3 Å². The smallest absolute Gasteiger partial charge is 0.257 e. The van der Waals surface area contributed by atoms with Gasteiger partial charge in [0, 0.05) is 21.8 Å². The van der Waals surface area contributed by atoms with Crippen molar-refractivity contribution in [3.63, 3.8) is 0 Å². The van der Waals surface area contributed by atoms with E-state index < -0.39 is 0 Å². The lowest BCUT2D eigenvalue weighted by Crippen LogP contribution is -2.34. The topological polar surface area (TPSA) is 84.2 Å². The molecule has 0 aliphatic heterocycles. The van der Waals surface area contributed by atoms with Crippen molar-refractivity contribution < 1.29 is 4.79 Å². The van der Waals surface area contributed by atoms with E-state index in [2.05, 4.69) is 25.9 Å². The number of carbonyl (C=O) groups is 1. The van der Waals surface area contributed by atoms with Gasteiger partial charge in [0.05, 0.1) is 0 Å².